The van der Waals surface area contributed by atoms with Crippen LogP contribution in [0.15, 0.2) is 65.9 Å². The number of methoxy groups -OCH3 is 1. The topological polar surface area (TPSA) is 72.7 Å². The van der Waals surface area contributed by atoms with Crippen LogP contribution in [0.25, 0.3) is 0 Å². The molecular formula is C26H36IN5O2. The number of nitrogens with one attached hydrogen (secondary N) is 2. The summed E-state index contributed by atoms with van der Waals surface area (Å²) in [5.74, 6) is 3.34. The van der Waals surface area contributed by atoms with Crippen LogP contribution >= 0.6 is 24.0 Å². The number of ether oxygens (including phenoxy) is 2. The molecule has 0 saturated carbocycles. The van der Waals surface area contributed by atoms with Gasteiger partial charge in [-0.2, -0.15) is 0 Å². The van der Waals surface area contributed by atoms with E-state index < -0.39 is 0 Å². The standard InChI is InChI=1S/C26H35N5O2.HI/c1-4-33-24-19-22(12-13-23(24)32-3)11-8-15-29-26(27-2)30-20-25-28-16-18-31(25)17-14-21-9-6-5-7-10-21;/h5-7,9-10,12-13,16,18-19H,4,8,11,14-15,17,20H2,1-3H3,(H2,27,29,30);1H. The van der Waals surface area contributed by atoms with Gasteiger partial charge in [-0.3, -0.25) is 4.99 Å². The first-order valence-electron chi connectivity index (χ1n) is 11.5. The molecule has 7 nitrogen and oxygen atoms in total. The van der Waals surface area contributed by atoms with E-state index in [9.17, 15) is 0 Å². The molecule has 3 rings (SSSR count). The Labute approximate surface area is 220 Å². The number of rotatable bonds is 12. The van der Waals surface area contributed by atoms with Crippen molar-refractivity contribution in [3.05, 3.63) is 77.9 Å². The Kier molecular flexibility index (Phi) is 12.3. The van der Waals surface area contributed by atoms with Gasteiger partial charge in [0.2, 0.25) is 0 Å². The third kappa shape index (κ3) is 8.55. The van der Waals surface area contributed by atoms with E-state index >= 15 is 0 Å². The summed E-state index contributed by atoms with van der Waals surface area (Å²) in [6.45, 7) is 4.94. The van der Waals surface area contributed by atoms with Gasteiger partial charge in [0, 0.05) is 32.5 Å². The van der Waals surface area contributed by atoms with Crippen LogP contribution in [0.1, 0.15) is 30.3 Å². The number of nitrogens with zero attached hydrogens (tertiary/aromatic N) is 3. The summed E-state index contributed by atoms with van der Waals surface area (Å²) in [6, 6.07) is 16.6. The molecule has 0 fully saturated rings. The normalized spacial score (nSPS) is 11.0. The fraction of sp³-hybridized carbons (Fsp3) is 0.385. The van der Waals surface area contributed by atoms with Crippen LogP contribution in [0.3, 0.4) is 0 Å². The quantitative estimate of drug-likeness (QED) is 0.144. The van der Waals surface area contributed by atoms with Crippen molar-refractivity contribution in [1.82, 2.24) is 20.2 Å². The minimum Gasteiger partial charge on any atom is -0.493 e. The van der Waals surface area contributed by atoms with Crippen molar-refractivity contribution in [1.29, 1.82) is 0 Å². The van der Waals surface area contributed by atoms with E-state index in [4.69, 9.17) is 9.47 Å². The number of benzene rings is 2. The van der Waals surface area contributed by atoms with Crippen LogP contribution in [0.2, 0.25) is 0 Å². The van der Waals surface area contributed by atoms with Crippen molar-refractivity contribution < 1.29 is 9.47 Å². The lowest BCUT2D eigenvalue weighted by molar-refractivity contribution is 0.310. The van der Waals surface area contributed by atoms with Crippen molar-refractivity contribution >= 4 is 29.9 Å². The molecule has 1 aromatic heterocycles. The number of imidazole rings is 1. The average molecular weight is 578 g/mol. The van der Waals surface area contributed by atoms with E-state index in [1.807, 2.05) is 31.5 Å². The van der Waals surface area contributed by atoms with Crippen molar-refractivity contribution in [2.45, 2.75) is 39.3 Å². The van der Waals surface area contributed by atoms with Crippen molar-refractivity contribution in [2.24, 2.45) is 4.99 Å². The van der Waals surface area contributed by atoms with E-state index in [-0.39, 0.29) is 24.0 Å². The fourth-order valence-corrected chi connectivity index (χ4v) is 3.63. The van der Waals surface area contributed by atoms with Crippen LogP contribution in [0, 0.1) is 0 Å². The van der Waals surface area contributed by atoms with Gasteiger partial charge in [0.05, 0.1) is 20.3 Å². The number of hydrogen-bond donors (Lipinski definition) is 2. The Morgan fingerprint density at radius 1 is 1.03 bits per heavy atom. The molecule has 0 radical (unpaired) electrons. The molecule has 0 aliphatic heterocycles. The number of halogens is 1. The molecule has 0 bridgehead atoms. The van der Waals surface area contributed by atoms with E-state index in [1.165, 1.54) is 11.1 Å². The number of aliphatic imine (C=N–C) groups is 1. The summed E-state index contributed by atoms with van der Waals surface area (Å²) >= 11 is 0. The highest BCUT2D eigenvalue weighted by Gasteiger charge is 2.07. The zero-order valence-corrected chi connectivity index (χ0v) is 22.6. The van der Waals surface area contributed by atoms with Gasteiger partial charge in [-0.05, 0) is 49.4 Å². The first-order valence-corrected chi connectivity index (χ1v) is 11.5. The minimum absolute atomic E-state index is 0. The number of hydrogen-bond acceptors (Lipinski definition) is 4. The van der Waals surface area contributed by atoms with Crippen LogP contribution in [0.5, 0.6) is 11.5 Å². The van der Waals surface area contributed by atoms with Gasteiger partial charge in [0.1, 0.15) is 5.82 Å². The Bertz CT molecular complexity index is 1010. The van der Waals surface area contributed by atoms with Gasteiger partial charge in [0.15, 0.2) is 17.5 Å². The molecule has 0 aliphatic rings. The Hall–Kier alpha value is -2.75. The predicted octanol–water partition coefficient (Wildman–Crippen LogP) is 4.45. The maximum Gasteiger partial charge on any atom is 0.191 e. The number of aromatic nitrogens is 2. The highest BCUT2D eigenvalue weighted by Crippen LogP contribution is 2.28. The van der Waals surface area contributed by atoms with Crippen molar-refractivity contribution in [3.8, 4) is 11.5 Å². The SMILES string of the molecule is CCOc1cc(CCCNC(=NC)NCc2nccn2CCc2ccccc2)ccc1OC.I. The maximum atomic E-state index is 5.67. The second-order valence-corrected chi connectivity index (χ2v) is 7.65. The second-order valence-electron chi connectivity index (χ2n) is 7.65. The first-order chi connectivity index (χ1) is 16.2. The molecule has 0 atom stereocenters. The smallest absolute Gasteiger partial charge is 0.191 e. The van der Waals surface area contributed by atoms with Crippen LogP contribution in [-0.4, -0.2) is 42.8 Å². The van der Waals surface area contributed by atoms with Crippen molar-refractivity contribution in [2.75, 3.05) is 27.3 Å². The van der Waals surface area contributed by atoms with Gasteiger partial charge in [-0.1, -0.05) is 36.4 Å². The summed E-state index contributed by atoms with van der Waals surface area (Å²) in [4.78, 5) is 8.84. The van der Waals surface area contributed by atoms with Gasteiger partial charge in [0.25, 0.3) is 0 Å². The highest BCUT2D eigenvalue weighted by molar-refractivity contribution is 14.0. The molecule has 2 aromatic carbocycles. The lowest BCUT2D eigenvalue weighted by Crippen LogP contribution is -2.38. The summed E-state index contributed by atoms with van der Waals surface area (Å²) in [5, 5.41) is 6.76. The monoisotopic (exact) mass is 577 g/mol. The summed E-state index contributed by atoms with van der Waals surface area (Å²) in [6.07, 6.45) is 6.78. The third-order valence-corrected chi connectivity index (χ3v) is 5.39. The molecule has 184 valence electrons. The maximum absolute atomic E-state index is 5.67. The third-order valence-electron chi connectivity index (χ3n) is 5.39. The van der Waals surface area contributed by atoms with Gasteiger partial charge < -0.3 is 24.7 Å². The molecular weight excluding hydrogens is 541 g/mol. The van der Waals surface area contributed by atoms with E-state index in [2.05, 4.69) is 61.6 Å². The molecule has 0 aliphatic carbocycles. The highest BCUT2D eigenvalue weighted by atomic mass is 127. The Balaban J connectivity index is 0.00000408. The first kappa shape index (κ1) is 27.5. The summed E-state index contributed by atoms with van der Waals surface area (Å²) < 4.78 is 13.2. The minimum atomic E-state index is 0. The summed E-state index contributed by atoms with van der Waals surface area (Å²) in [5.41, 5.74) is 2.55. The lowest BCUT2D eigenvalue weighted by atomic mass is 10.1. The molecule has 3 aromatic rings. The molecule has 0 spiro atoms. The van der Waals surface area contributed by atoms with Crippen LogP contribution < -0.4 is 20.1 Å². The van der Waals surface area contributed by atoms with Gasteiger partial charge in [-0.15, -0.1) is 24.0 Å². The van der Waals surface area contributed by atoms with Gasteiger partial charge in [-0.25, -0.2) is 4.98 Å². The average Bonchev–Trinajstić information content (AvgIpc) is 3.30. The van der Waals surface area contributed by atoms with E-state index in [1.54, 1.807) is 14.2 Å². The molecule has 2 N–H and O–H groups in total. The Morgan fingerprint density at radius 2 is 1.85 bits per heavy atom. The molecule has 0 amide bonds. The van der Waals surface area contributed by atoms with Crippen molar-refractivity contribution in [3.63, 3.8) is 0 Å². The van der Waals surface area contributed by atoms with Gasteiger partial charge >= 0.3 is 0 Å². The lowest BCUT2D eigenvalue weighted by Gasteiger charge is -2.14. The zero-order chi connectivity index (χ0) is 23.3. The fourth-order valence-electron chi connectivity index (χ4n) is 3.63. The van der Waals surface area contributed by atoms with E-state index in [0.29, 0.717) is 13.2 Å². The van der Waals surface area contributed by atoms with Crippen LogP contribution in [0.4, 0.5) is 0 Å². The second kappa shape index (κ2) is 15.2. The molecule has 0 unspecified atom stereocenters. The molecule has 8 heteroatoms. The largest absolute Gasteiger partial charge is 0.493 e. The molecule has 0 saturated heterocycles. The van der Waals surface area contributed by atoms with E-state index in [0.717, 1.165) is 55.6 Å². The molecule has 34 heavy (non-hydrogen) atoms. The number of aryl methyl sites for hydroxylation is 3. The Morgan fingerprint density at radius 3 is 2.59 bits per heavy atom. The predicted molar refractivity (Wildman–Crippen MR) is 148 cm³/mol. The van der Waals surface area contributed by atoms with Crippen LogP contribution in [-0.2, 0) is 25.9 Å². The summed E-state index contributed by atoms with van der Waals surface area (Å²) in [7, 11) is 3.45. The number of guanidine groups is 1. The zero-order valence-electron chi connectivity index (χ0n) is 20.3. The molecule has 1 heterocycles.